The minimum absolute atomic E-state index is 0.136. The zero-order valence-electron chi connectivity index (χ0n) is 11.8. The summed E-state index contributed by atoms with van der Waals surface area (Å²) in [5.41, 5.74) is 2.17. The number of carbonyl (C=O) groups is 1. The van der Waals surface area contributed by atoms with Crippen molar-refractivity contribution >= 4 is 11.6 Å². The van der Waals surface area contributed by atoms with Gasteiger partial charge in [0.25, 0.3) is 5.91 Å². The SMILES string of the molecule is CNC1CCN(C(=O)c2cc[nH]c(=O)c2)c2ccccc21. The second-order valence-corrected chi connectivity index (χ2v) is 5.09. The van der Waals surface area contributed by atoms with Crippen LogP contribution in [-0.4, -0.2) is 24.5 Å². The Kier molecular flexibility index (Phi) is 3.58. The third-order valence-corrected chi connectivity index (χ3v) is 3.86. The van der Waals surface area contributed by atoms with Gasteiger partial charge in [0.1, 0.15) is 0 Å². The number of fused-ring (bicyclic) bond motifs is 1. The number of rotatable bonds is 2. The number of nitrogens with zero attached hydrogens (tertiary/aromatic N) is 1. The molecule has 5 heteroatoms. The molecule has 5 nitrogen and oxygen atoms in total. The van der Waals surface area contributed by atoms with E-state index >= 15 is 0 Å². The zero-order valence-corrected chi connectivity index (χ0v) is 11.8. The van der Waals surface area contributed by atoms with E-state index in [1.807, 2.05) is 31.3 Å². The van der Waals surface area contributed by atoms with Crippen LogP contribution < -0.4 is 15.8 Å². The highest BCUT2D eigenvalue weighted by molar-refractivity contribution is 6.06. The highest BCUT2D eigenvalue weighted by Crippen LogP contribution is 2.34. The predicted octanol–water partition coefficient (Wildman–Crippen LogP) is 1.69. The number of amides is 1. The molecule has 1 aromatic carbocycles. The average Bonchev–Trinajstić information content (AvgIpc) is 2.53. The minimum atomic E-state index is -0.265. The van der Waals surface area contributed by atoms with Crippen molar-refractivity contribution in [3.8, 4) is 0 Å². The molecule has 0 fully saturated rings. The van der Waals surface area contributed by atoms with E-state index in [4.69, 9.17) is 0 Å². The molecule has 1 unspecified atom stereocenters. The Balaban J connectivity index is 2.00. The summed E-state index contributed by atoms with van der Waals surface area (Å²) in [6, 6.07) is 11.1. The second kappa shape index (κ2) is 5.54. The van der Waals surface area contributed by atoms with E-state index in [0.717, 1.165) is 17.7 Å². The molecule has 0 aliphatic carbocycles. The first-order valence-electron chi connectivity index (χ1n) is 6.97. The highest BCUT2D eigenvalue weighted by atomic mass is 16.2. The third kappa shape index (κ3) is 2.48. The van der Waals surface area contributed by atoms with Crippen molar-refractivity contribution in [2.45, 2.75) is 12.5 Å². The summed E-state index contributed by atoms with van der Waals surface area (Å²) in [4.78, 5) is 28.3. The maximum absolute atomic E-state index is 12.7. The van der Waals surface area contributed by atoms with Gasteiger partial charge in [-0.2, -0.15) is 0 Å². The number of hydrogen-bond donors (Lipinski definition) is 2. The summed E-state index contributed by atoms with van der Waals surface area (Å²) in [5.74, 6) is -0.136. The van der Waals surface area contributed by atoms with E-state index in [1.54, 1.807) is 11.0 Å². The van der Waals surface area contributed by atoms with Crippen molar-refractivity contribution in [2.75, 3.05) is 18.5 Å². The van der Waals surface area contributed by atoms with Gasteiger partial charge in [-0.1, -0.05) is 18.2 Å². The quantitative estimate of drug-likeness (QED) is 0.881. The fraction of sp³-hybridized carbons (Fsp3) is 0.250. The van der Waals surface area contributed by atoms with Crippen LogP contribution in [0, 0.1) is 0 Å². The molecule has 1 aliphatic rings. The summed E-state index contributed by atoms with van der Waals surface area (Å²) in [5, 5.41) is 3.28. The molecule has 108 valence electrons. The van der Waals surface area contributed by atoms with E-state index in [1.165, 1.54) is 12.3 Å². The molecule has 2 N–H and O–H groups in total. The number of benzene rings is 1. The van der Waals surface area contributed by atoms with Crippen molar-refractivity contribution in [3.05, 3.63) is 64.1 Å². The monoisotopic (exact) mass is 283 g/mol. The van der Waals surface area contributed by atoms with Crippen molar-refractivity contribution in [2.24, 2.45) is 0 Å². The van der Waals surface area contributed by atoms with Gasteiger partial charge in [-0.05, 0) is 31.2 Å². The number of pyridine rings is 1. The molecule has 2 aromatic rings. The fourth-order valence-electron chi connectivity index (χ4n) is 2.81. The lowest BCUT2D eigenvalue weighted by Crippen LogP contribution is -2.39. The van der Waals surface area contributed by atoms with Crippen LogP contribution in [0.15, 0.2) is 47.4 Å². The lowest BCUT2D eigenvalue weighted by molar-refractivity contribution is 0.0983. The average molecular weight is 283 g/mol. The van der Waals surface area contributed by atoms with Crippen LogP contribution in [0.25, 0.3) is 0 Å². The number of aromatic amines is 1. The fourth-order valence-corrected chi connectivity index (χ4v) is 2.81. The maximum Gasteiger partial charge on any atom is 0.258 e. The molecular weight excluding hydrogens is 266 g/mol. The lowest BCUT2D eigenvalue weighted by Gasteiger charge is -2.34. The van der Waals surface area contributed by atoms with Crippen LogP contribution >= 0.6 is 0 Å². The zero-order chi connectivity index (χ0) is 14.8. The van der Waals surface area contributed by atoms with Gasteiger partial charge in [-0.15, -0.1) is 0 Å². The smallest absolute Gasteiger partial charge is 0.258 e. The van der Waals surface area contributed by atoms with E-state index in [9.17, 15) is 9.59 Å². The van der Waals surface area contributed by atoms with Crippen molar-refractivity contribution in [1.29, 1.82) is 0 Å². The molecule has 21 heavy (non-hydrogen) atoms. The number of H-pyrrole nitrogens is 1. The summed E-state index contributed by atoms with van der Waals surface area (Å²) in [6.45, 7) is 0.633. The normalized spacial score (nSPS) is 17.4. The number of aromatic nitrogens is 1. The molecule has 0 bridgehead atoms. The Morgan fingerprint density at radius 1 is 1.33 bits per heavy atom. The largest absolute Gasteiger partial charge is 0.329 e. The van der Waals surface area contributed by atoms with E-state index in [2.05, 4.69) is 10.3 Å². The Hall–Kier alpha value is -2.40. The number of hydrogen-bond acceptors (Lipinski definition) is 3. The Morgan fingerprint density at radius 2 is 2.14 bits per heavy atom. The molecule has 3 rings (SSSR count). The van der Waals surface area contributed by atoms with Gasteiger partial charge >= 0.3 is 0 Å². The molecule has 1 atom stereocenters. The van der Waals surface area contributed by atoms with Crippen LogP contribution in [0.1, 0.15) is 28.4 Å². The number of anilines is 1. The first kappa shape index (κ1) is 13.6. The minimum Gasteiger partial charge on any atom is -0.329 e. The standard InChI is InChI=1S/C16H17N3O2/c1-17-13-7-9-19(14-5-3-2-4-12(13)14)16(21)11-6-8-18-15(20)10-11/h2-6,8,10,13,17H,7,9H2,1H3,(H,18,20). The molecule has 2 heterocycles. The highest BCUT2D eigenvalue weighted by Gasteiger charge is 2.28. The van der Waals surface area contributed by atoms with Gasteiger partial charge in [0.15, 0.2) is 0 Å². The summed E-state index contributed by atoms with van der Waals surface area (Å²) < 4.78 is 0. The van der Waals surface area contributed by atoms with Gasteiger partial charge in [0, 0.05) is 36.1 Å². The molecule has 0 saturated heterocycles. The van der Waals surface area contributed by atoms with Crippen LogP contribution in [0.3, 0.4) is 0 Å². The molecule has 0 radical (unpaired) electrons. The van der Waals surface area contributed by atoms with Crippen molar-refractivity contribution in [1.82, 2.24) is 10.3 Å². The first-order chi connectivity index (χ1) is 10.2. The van der Waals surface area contributed by atoms with Crippen LogP contribution in [0.2, 0.25) is 0 Å². The van der Waals surface area contributed by atoms with E-state index in [-0.39, 0.29) is 17.5 Å². The topological polar surface area (TPSA) is 65.2 Å². The number of nitrogens with one attached hydrogen (secondary N) is 2. The van der Waals surface area contributed by atoms with E-state index in [0.29, 0.717) is 12.1 Å². The van der Waals surface area contributed by atoms with Crippen LogP contribution in [0.4, 0.5) is 5.69 Å². The number of carbonyl (C=O) groups excluding carboxylic acids is 1. The van der Waals surface area contributed by atoms with Gasteiger partial charge in [-0.25, -0.2) is 0 Å². The molecule has 1 amide bonds. The molecule has 0 spiro atoms. The summed E-state index contributed by atoms with van der Waals surface area (Å²) in [6.07, 6.45) is 2.35. The second-order valence-electron chi connectivity index (χ2n) is 5.09. The predicted molar refractivity (Wildman–Crippen MR) is 81.6 cm³/mol. The Labute approximate surface area is 122 Å². The Morgan fingerprint density at radius 3 is 2.90 bits per heavy atom. The third-order valence-electron chi connectivity index (χ3n) is 3.86. The maximum atomic E-state index is 12.7. The van der Waals surface area contributed by atoms with Crippen molar-refractivity contribution in [3.63, 3.8) is 0 Å². The summed E-state index contributed by atoms with van der Waals surface area (Å²) >= 11 is 0. The van der Waals surface area contributed by atoms with Crippen LogP contribution in [0.5, 0.6) is 0 Å². The van der Waals surface area contributed by atoms with Gasteiger partial charge in [-0.3, -0.25) is 9.59 Å². The number of para-hydroxylation sites is 1. The molecule has 1 aliphatic heterocycles. The van der Waals surface area contributed by atoms with Gasteiger partial charge in [0.2, 0.25) is 5.56 Å². The first-order valence-corrected chi connectivity index (χ1v) is 6.97. The molecule has 1 aromatic heterocycles. The summed E-state index contributed by atoms with van der Waals surface area (Å²) in [7, 11) is 1.93. The van der Waals surface area contributed by atoms with E-state index < -0.39 is 0 Å². The molecular formula is C16H17N3O2. The Bertz CT molecular complexity index is 723. The van der Waals surface area contributed by atoms with Crippen LogP contribution in [-0.2, 0) is 0 Å². The van der Waals surface area contributed by atoms with Gasteiger partial charge < -0.3 is 15.2 Å². The molecule has 0 saturated carbocycles. The lowest BCUT2D eigenvalue weighted by atomic mass is 9.96. The van der Waals surface area contributed by atoms with Gasteiger partial charge in [0.05, 0.1) is 0 Å². The van der Waals surface area contributed by atoms with Crippen molar-refractivity contribution < 1.29 is 4.79 Å².